The number of nitrogens with one attached hydrogen (secondary N) is 1. The molecule has 2 aliphatic heterocycles. The van der Waals surface area contributed by atoms with Gasteiger partial charge in [0, 0.05) is 43.3 Å². The molecule has 0 bridgehead atoms. The lowest BCUT2D eigenvalue weighted by molar-refractivity contribution is -0.119. The first-order valence-corrected chi connectivity index (χ1v) is 12.2. The van der Waals surface area contributed by atoms with Gasteiger partial charge in [-0.3, -0.25) is 9.59 Å². The van der Waals surface area contributed by atoms with Crippen LogP contribution in [-0.2, 0) is 32.6 Å². The molecule has 0 atom stereocenters. The third-order valence-corrected chi connectivity index (χ3v) is 7.61. The molecule has 162 valence electrons. The number of sulfonamides is 1. The molecule has 1 N–H and O–H groups in total. The molecular formula is C23H25N3O4S. The fourth-order valence-corrected chi connectivity index (χ4v) is 5.41. The molecular weight excluding hydrogens is 414 g/mol. The van der Waals surface area contributed by atoms with Crippen LogP contribution in [0.25, 0.3) is 0 Å². The Labute approximate surface area is 182 Å². The predicted molar refractivity (Wildman–Crippen MR) is 117 cm³/mol. The van der Waals surface area contributed by atoms with E-state index in [0.717, 1.165) is 41.8 Å². The van der Waals surface area contributed by atoms with Crippen molar-refractivity contribution in [1.29, 1.82) is 0 Å². The number of benzene rings is 2. The molecule has 2 aromatic carbocycles. The molecule has 0 aromatic heterocycles. The average molecular weight is 440 g/mol. The maximum atomic E-state index is 12.9. The zero-order valence-corrected chi connectivity index (χ0v) is 18.0. The molecule has 2 aromatic rings. The Kier molecular flexibility index (Phi) is 5.06. The lowest BCUT2D eigenvalue weighted by Gasteiger charge is -2.17. The van der Waals surface area contributed by atoms with Crippen LogP contribution < -0.4 is 14.5 Å². The van der Waals surface area contributed by atoms with Gasteiger partial charge in [-0.05, 0) is 67.1 Å². The molecule has 2 heterocycles. The fourth-order valence-electron chi connectivity index (χ4n) is 4.34. The SMILES string of the molecule is O=C1CCCN1c1cccc(CNS(=O)(=O)c2ccc3c(c2)CCN3C(=O)C2CC2)c1. The number of amides is 2. The highest BCUT2D eigenvalue weighted by atomic mass is 32.2. The van der Waals surface area contributed by atoms with Crippen molar-refractivity contribution in [3.05, 3.63) is 53.6 Å². The zero-order valence-electron chi connectivity index (χ0n) is 17.2. The summed E-state index contributed by atoms with van der Waals surface area (Å²) in [5, 5.41) is 0. The van der Waals surface area contributed by atoms with E-state index >= 15 is 0 Å². The van der Waals surface area contributed by atoms with Gasteiger partial charge >= 0.3 is 0 Å². The van der Waals surface area contributed by atoms with Gasteiger partial charge in [-0.15, -0.1) is 0 Å². The Hall–Kier alpha value is -2.71. The first kappa shape index (κ1) is 20.2. The van der Waals surface area contributed by atoms with E-state index in [1.165, 1.54) is 0 Å². The maximum absolute atomic E-state index is 12.9. The van der Waals surface area contributed by atoms with Gasteiger partial charge in [0.1, 0.15) is 0 Å². The standard InChI is InChI=1S/C23H25N3O4S/c27-22-5-2-11-25(22)19-4-1-3-16(13-19)15-24-31(29,30)20-8-9-21-18(14-20)10-12-26(21)23(28)17-6-7-17/h1,3-4,8-9,13-14,17,24H,2,5-7,10-12,15H2. The van der Waals surface area contributed by atoms with E-state index in [1.54, 1.807) is 28.0 Å². The second kappa shape index (κ2) is 7.76. The molecule has 0 unspecified atom stereocenters. The van der Waals surface area contributed by atoms with Gasteiger partial charge in [0.15, 0.2) is 0 Å². The van der Waals surface area contributed by atoms with Crippen LogP contribution in [0.2, 0.25) is 0 Å². The molecule has 2 fully saturated rings. The minimum absolute atomic E-state index is 0.102. The van der Waals surface area contributed by atoms with Crippen LogP contribution in [0.3, 0.4) is 0 Å². The van der Waals surface area contributed by atoms with Crippen LogP contribution in [0.4, 0.5) is 11.4 Å². The Morgan fingerprint density at radius 2 is 1.90 bits per heavy atom. The highest BCUT2D eigenvalue weighted by Gasteiger charge is 2.36. The fraction of sp³-hybridized carbons (Fsp3) is 0.391. The van der Waals surface area contributed by atoms with Gasteiger partial charge < -0.3 is 9.80 Å². The molecule has 0 spiro atoms. The number of hydrogen-bond donors (Lipinski definition) is 1. The lowest BCUT2D eigenvalue weighted by Crippen LogP contribution is -2.30. The Morgan fingerprint density at radius 3 is 2.65 bits per heavy atom. The largest absolute Gasteiger partial charge is 0.312 e. The predicted octanol–water partition coefficient (Wildman–Crippen LogP) is 2.59. The summed E-state index contributed by atoms with van der Waals surface area (Å²) in [6, 6.07) is 12.4. The summed E-state index contributed by atoms with van der Waals surface area (Å²) in [5.41, 5.74) is 3.32. The van der Waals surface area contributed by atoms with E-state index < -0.39 is 10.0 Å². The van der Waals surface area contributed by atoms with Crippen LogP contribution >= 0.6 is 0 Å². The zero-order chi connectivity index (χ0) is 21.6. The first-order valence-electron chi connectivity index (χ1n) is 10.8. The Bertz CT molecular complexity index is 1160. The van der Waals surface area contributed by atoms with E-state index in [-0.39, 0.29) is 29.2 Å². The van der Waals surface area contributed by atoms with Crippen LogP contribution in [0.1, 0.15) is 36.8 Å². The summed E-state index contributed by atoms with van der Waals surface area (Å²) in [4.78, 5) is 28.1. The van der Waals surface area contributed by atoms with Crippen molar-refractivity contribution in [1.82, 2.24) is 4.72 Å². The van der Waals surface area contributed by atoms with Crippen LogP contribution in [0.15, 0.2) is 47.4 Å². The molecule has 1 aliphatic carbocycles. The molecule has 7 nitrogen and oxygen atoms in total. The van der Waals surface area contributed by atoms with Gasteiger partial charge in [-0.2, -0.15) is 0 Å². The highest BCUT2D eigenvalue weighted by Crippen LogP contribution is 2.37. The third kappa shape index (κ3) is 3.97. The summed E-state index contributed by atoms with van der Waals surface area (Å²) in [6.07, 6.45) is 3.97. The van der Waals surface area contributed by atoms with Crippen molar-refractivity contribution in [2.45, 2.75) is 43.5 Å². The van der Waals surface area contributed by atoms with Crippen molar-refractivity contribution in [3.8, 4) is 0 Å². The monoisotopic (exact) mass is 439 g/mol. The number of nitrogens with zero attached hydrogens (tertiary/aromatic N) is 2. The van der Waals surface area contributed by atoms with Gasteiger partial charge in [0.2, 0.25) is 21.8 Å². The average Bonchev–Trinajstić information content (AvgIpc) is 3.40. The summed E-state index contributed by atoms with van der Waals surface area (Å²) >= 11 is 0. The molecule has 3 aliphatic rings. The second-order valence-corrected chi connectivity index (χ2v) is 10.2. The van der Waals surface area contributed by atoms with E-state index in [9.17, 15) is 18.0 Å². The number of carbonyl (C=O) groups is 2. The first-order chi connectivity index (χ1) is 14.9. The molecule has 5 rings (SSSR count). The van der Waals surface area contributed by atoms with E-state index in [1.807, 2.05) is 24.3 Å². The number of carbonyl (C=O) groups excluding carboxylic acids is 2. The smallest absolute Gasteiger partial charge is 0.240 e. The summed E-state index contributed by atoms with van der Waals surface area (Å²) in [7, 11) is -3.70. The molecule has 1 saturated carbocycles. The summed E-state index contributed by atoms with van der Waals surface area (Å²) < 4.78 is 28.4. The number of hydrogen-bond acceptors (Lipinski definition) is 4. The van der Waals surface area contributed by atoms with Crippen LogP contribution in [0.5, 0.6) is 0 Å². The Balaban J connectivity index is 1.29. The normalized spacial score (nSPS) is 18.5. The van der Waals surface area contributed by atoms with Crippen molar-refractivity contribution in [2.75, 3.05) is 22.9 Å². The van der Waals surface area contributed by atoms with Gasteiger partial charge in [0.25, 0.3) is 0 Å². The van der Waals surface area contributed by atoms with Gasteiger partial charge in [0.05, 0.1) is 4.90 Å². The number of anilines is 2. The molecule has 2 amide bonds. The minimum Gasteiger partial charge on any atom is -0.312 e. The summed E-state index contributed by atoms with van der Waals surface area (Å²) in [6.45, 7) is 1.45. The third-order valence-electron chi connectivity index (χ3n) is 6.21. The van der Waals surface area contributed by atoms with Gasteiger partial charge in [-0.1, -0.05) is 12.1 Å². The number of fused-ring (bicyclic) bond motifs is 1. The quantitative estimate of drug-likeness (QED) is 0.750. The molecule has 31 heavy (non-hydrogen) atoms. The highest BCUT2D eigenvalue weighted by molar-refractivity contribution is 7.89. The molecule has 1 saturated heterocycles. The van der Waals surface area contributed by atoms with Crippen molar-refractivity contribution >= 4 is 33.2 Å². The lowest BCUT2D eigenvalue weighted by atomic mass is 10.2. The maximum Gasteiger partial charge on any atom is 0.240 e. The van der Waals surface area contributed by atoms with Crippen LogP contribution in [-0.4, -0.2) is 33.3 Å². The summed E-state index contributed by atoms with van der Waals surface area (Å²) in [5.74, 6) is 0.400. The topological polar surface area (TPSA) is 86.8 Å². The van der Waals surface area contributed by atoms with E-state index in [0.29, 0.717) is 25.9 Å². The Morgan fingerprint density at radius 1 is 1.06 bits per heavy atom. The van der Waals surface area contributed by atoms with Crippen LogP contribution in [0, 0.1) is 5.92 Å². The minimum atomic E-state index is -3.70. The van der Waals surface area contributed by atoms with E-state index in [2.05, 4.69) is 4.72 Å². The molecule has 8 heteroatoms. The van der Waals surface area contributed by atoms with Crippen molar-refractivity contribution in [2.24, 2.45) is 5.92 Å². The van der Waals surface area contributed by atoms with E-state index in [4.69, 9.17) is 0 Å². The van der Waals surface area contributed by atoms with Gasteiger partial charge in [-0.25, -0.2) is 13.1 Å². The second-order valence-electron chi connectivity index (χ2n) is 8.45. The van der Waals surface area contributed by atoms with Crippen molar-refractivity contribution in [3.63, 3.8) is 0 Å². The molecule has 0 radical (unpaired) electrons. The van der Waals surface area contributed by atoms with Crippen molar-refractivity contribution < 1.29 is 18.0 Å². The number of rotatable bonds is 6.